The van der Waals surface area contributed by atoms with Crippen LogP contribution in [0.15, 0.2) is 0 Å². The molecule has 0 aliphatic carbocycles. The molecule has 0 aromatic heterocycles. The van der Waals surface area contributed by atoms with E-state index in [1.54, 1.807) is 11.8 Å². The van der Waals surface area contributed by atoms with E-state index in [-0.39, 0.29) is 5.75 Å². The molecule has 1 heterocycles. The highest BCUT2D eigenvalue weighted by atomic mass is 32.2. The van der Waals surface area contributed by atoms with Gasteiger partial charge in [-0.25, -0.2) is 13.6 Å². The third-order valence-electron chi connectivity index (χ3n) is 1.49. The van der Waals surface area contributed by atoms with Gasteiger partial charge in [-0.2, -0.15) is 11.8 Å². The van der Waals surface area contributed by atoms with Gasteiger partial charge in [-0.3, -0.25) is 0 Å². The number of rotatable bonds is 2. The normalized spacial score (nSPS) is 27.1. The Morgan fingerprint density at radius 3 is 2.70 bits per heavy atom. The van der Waals surface area contributed by atoms with Gasteiger partial charge in [-0.15, -0.1) is 0 Å². The van der Waals surface area contributed by atoms with Gasteiger partial charge in [-0.05, 0) is 23.8 Å². The third kappa shape index (κ3) is 2.90. The van der Waals surface area contributed by atoms with Crippen LogP contribution < -0.4 is 5.14 Å². The summed E-state index contributed by atoms with van der Waals surface area (Å²) >= 11 is 1.80. The maximum atomic E-state index is 10.6. The van der Waals surface area contributed by atoms with Crippen molar-refractivity contribution >= 4 is 21.8 Å². The molecule has 3 nitrogen and oxygen atoms in total. The van der Waals surface area contributed by atoms with Crippen molar-refractivity contribution in [3.05, 3.63) is 0 Å². The zero-order valence-electron chi connectivity index (χ0n) is 5.62. The summed E-state index contributed by atoms with van der Waals surface area (Å²) in [5.74, 6) is 2.51. The third-order valence-corrected chi connectivity index (χ3v) is 3.66. The number of hydrogen-bond acceptors (Lipinski definition) is 3. The van der Waals surface area contributed by atoms with E-state index in [1.807, 2.05) is 0 Å². The first-order valence-corrected chi connectivity index (χ1v) is 6.03. The molecule has 0 aromatic carbocycles. The average molecular weight is 181 g/mol. The van der Waals surface area contributed by atoms with E-state index in [4.69, 9.17) is 5.14 Å². The molecule has 5 heteroatoms. The first kappa shape index (κ1) is 8.36. The van der Waals surface area contributed by atoms with Crippen LogP contribution in [0, 0.1) is 5.92 Å². The largest absolute Gasteiger partial charge is 0.229 e. The second-order valence-corrected chi connectivity index (χ2v) is 5.37. The number of nitrogens with two attached hydrogens (primary N) is 1. The number of thioether (sulfide) groups is 1. The summed E-state index contributed by atoms with van der Waals surface area (Å²) in [5.41, 5.74) is 0. The van der Waals surface area contributed by atoms with Crippen molar-refractivity contribution in [1.82, 2.24) is 0 Å². The van der Waals surface area contributed by atoms with Crippen molar-refractivity contribution in [3.63, 3.8) is 0 Å². The van der Waals surface area contributed by atoms with Crippen molar-refractivity contribution in [2.75, 3.05) is 17.3 Å². The van der Waals surface area contributed by atoms with Gasteiger partial charge >= 0.3 is 0 Å². The molecule has 60 valence electrons. The molecule has 2 N–H and O–H groups in total. The number of primary sulfonamides is 1. The van der Waals surface area contributed by atoms with E-state index in [0.29, 0.717) is 5.92 Å². The highest BCUT2D eigenvalue weighted by molar-refractivity contribution is 7.99. The molecule has 1 fully saturated rings. The van der Waals surface area contributed by atoms with Crippen LogP contribution in [-0.4, -0.2) is 25.7 Å². The first-order valence-electron chi connectivity index (χ1n) is 3.16. The Kier molecular flexibility index (Phi) is 2.60. The van der Waals surface area contributed by atoms with Gasteiger partial charge in [0.25, 0.3) is 0 Å². The quantitative estimate of drug-likeness (QED) is 0.653. The molecule has 1 aliphatic heterocycles. The molecule has 0 bridgehead atoms. The fraction of sp³-hybridized carbons (Fsp3) is 1.00. The van der Waals surface area contributed by atoms with Crippen molar-refractivity contribution in [2.45, 2.75) is 6.42 Å². The molecule has 0 aromatic rings. The molecular formula is C5H11NO2S2. The van der Waals surface area contributed by atoms with E-state index in [1.165, 1.54) is 0 Å². The lowest BCUT2D eigenvalue weighted by Gasteiger charge is -2.03. The summed E-state index contributed by atoms with van der Waals surface area (Å²) in [6.45, 7) is 0. The van der Waals surface area contributed by atoms with E-state index in [9.17, 15) is 8.42 Å². The molecule has 0 saturated carbocycles. The van der Waals surface area contributed by atoms with Gasteiger partial charge in [0, 0.05) is 0 Å². The maximum absolute atomic E-state index is 10.6. The van der Waals surface area contributed by atoms with Crippen LogP contribution in [0.5, 0.6) is 0 Å². The Hall–Kier alpha value is 0.260. The van der Waals surface area contributed by atoms with Gasteiger partial charge in [0.1, 0.15) is 0 Å². The van der Waals surface area contributed by atoms with E-state index < -0.39 is 10.0 Å². The van der Waals surface area contributed by atoms with E-state index in [0.717, 1.165) is 17.9 Å². The second-order valence-electron chi connectivity index (χ2n) is 2.56. The molecule has 1 aliphatic rings. The highest BCUT2D eigenvalue weighted by Gasteiger charge is 2.19. The van der Waals surface area contributed by atoms with Gasteiger partial charge in [0.15, 0.2) is 0 Å². The minimum absolute atomic E-state index is 0.167. The number of sulfonamides is 1. The van der Waals surface area contributed by atoms with Crippen LogP contribution in [0.25, 0.3) is 0 Å². The summed E-state index contributed by atoms with van der Waals surface area (Å²) in [6, 6.07) is 0. The number of hydrogen-bond donors (Lipinski definition) is 1. The minimum Gasteiger partial charge on any atom is -0.229 e. The summed E-state index contributed by atoms with van der Waals surface area (Å²) in [7, 11) is -3.22. The van der Waals surface area contributed by atoms with Crippen LogP contribution in [-0.2, 0) is 10.0 Å². The Morgan fingerprint density at radius 2 is 2.30 bits per heavy atom. The Balaban J connectivity index is 2.38. The van der Waals surface area contributed by atoms with E-state index in [2.05, 4.69) is 0 Å². The second kappa shape index (κ2) is 3.11. The molecule has 0 spiro atoms. The fourth-order valence-corrected chi connectivity index (χ4v) is 3.42. The van der Waals surface area contributed by atoms with Crippen molar-refractivity contribution in [1.29, 1.82) is 0 Å². The molecule has 10 heavy (non-hydrogen) atoms. The fourth-order valence-electron chi connectivity index (χ4n) is 1.04. The topological polar surface area (TPSA) is 60.2 Å². The van der Waals surface area contributed by atoms with Gasteiger partial charge in [-0.1, -0.05) is 0 Å². The molecule has 1 atom stereocenters. The standard InChI is InChI=1S/C5H11NO2S2/c6-10(7,8)4-5-1-2-9-3-5/h5H,1-4H2,(H2,6,7,8). The van der Waals surface area contributed by atoms with Gasteiger partial charge < -0.3 is 0 Å². The van der Waals surface area contributed by atoms with Crippen LogP contribution in [0.4, 0.5) is 0 Å². The van der Waals surface area contributed by atoms with Crippen LogP contribution in [0.3, 0.4) is 0 Å². The molecule has 0 amide bonds. The van der Waals surface area contributed by atoms with Gasteiger partial charge in [0.05, 0.1) is 5.75 Å². The lowest BCUT2D eigenvalue weighted by atomic mass is 10.2. The molecular weight excluding hydrogens is 170 g/mol. The van der Waals surface area contributed by atoms with E-state index >= 15 is 0 Å². The molecule has 1 saturated heterocycles. The van der Waals surface area contributed by atoms with Gasteiger partial charge in [0.2, 0.25) is 10.0 Å². The molecule has 1 rings (SSSR count). The summed E-state index contributed by atoms with van der Waals surface area (Å²) in [4.78, 5) is 0. The summed E-state index contributed by atoms with van der Waals surface area (Å²) in [6.07, 6.45) is 1.00. The van der Waals surface area contributed by atoms with Crippen LogP contribution in [0.2, 0.25) is 0 Å². The van der Waals surface area contributed by atoms with Crippen LogP contribution >= 0.6 is 11.8 Å². The monoisotopic (exact) mass is 181 g/mol. The average Bonchev–Trinajstić information content (AvgIpc) is 2.12. The highest BCUT2D eigenvalue weighted by Crippen LogP contribution is 2.23. The maximum Gasteiger partial charge on any atom is 0.209 e. The predicted octanol–water partition coefficient (Wildman–Crippen LogP) is 0.0280. The van der Waals surface area contributed by atoms with Crippen molar-refractivity contribution in [3.8, 4) is 0 Å². The predicted molar refractivity (Wildman–Crippen MR) is 43.4 cm³/mol. The minimum atomic E-state index is -3.22. The Bertz CT molecular complexity index is 194. The smallest absolute Gasteiger partial charge is 0.209 e. The van der Waals surface area contributed by atoms with Crippen molar-refractivity contribution < 1.29 is 8.42 Å². The summed E-state index contributed by atoms with van der Waals surface area (Å²) < 4.78 is 21.1. The zero-order chi connectivity index (χ0) is 7.61. The first-order chi connectivity index (χ1) is 4.58. The Morgan fingerprint density at radius 1 is 1.60 bits per heavy atom. The lowest BCUT2D eigenvalue weighted by molar-refractivity contribution is 0.576. The van der Waals surface area contributed by atoms with Crippen molar-refractivity contribution in [2.24, 2.45) is 11.1 Å². The zero-order valence-corrected chi connectivity index (χ0v) is 7.25. The molecule has 0 radical (unpaired) electrons. The molecule has 1 unspecified atom stereocenters. The lowest BCUT2D eigenvalue weighted by Crippen LogP contribution is -2.22. The SMILES string of the molecule is NS(=O)(=O)CC1CCSC1. The van der Waals surface area contributed by atoms with Crippen LogP contribution in [0.1, 0.15) is 6.42 Å². The Labute approximate surface area is 65.4 Å². The summed E-state index contributed by atoms with van der Waals surface area (Å²) in [5, 5.41) is 4.88.